The van der Waals surface area contributed by atoms with E-state index in [4.69, 9.17) is 9.72 Å². The van der Waals surface area contributed by atoms with Crippen LogP contribution in [-0.4, -0.2) is 36.9 Å². The van der Waals surface area contributed by atoms with Crippen molar-refractivity contribution in [1.29, 1.82) is 0 Å². The number of aliphatic hydroxyl groups is 1. The number of anilines is 1. The van der Waals surface area contributed by atoms with Crippen molar-refractivity contribution in [3.63, 3.8) is 0 Å². The van der Waals surface area contributed by atoms with E-state index in [-0.39, 0.29) is 11.5 Å². The highest BCUT2D eigenvalue weighted by molar-refractivity contribution is 7.15. The Morgan fingerprint density at radius 2 is 2.30 bits per heavy atom. The van der Waals surface area contributed by atoms with Crippen LogP contribution in [0.3, 0.4) is 0 Å². The molecule has 1 aromatic rings. The summed E-state index contributed by atoms with van der Waals surface area (Å²) < 4.78 is 5.25. The van der Waals surface area contributed by atoms with E-state index in [9.17, 15) is 5.11 Å². The topological polar surface area (TPSA) is 45.6 Å². The van der Waals surface area contributed by atoms with Gasteiger partial charge in [-0.3, -0.25) is 0 Å². The van der Waals surface area contributed by atoms with Gasteiger partial charge in [-0.2, -0.15) is 0 Å². The minimum Gasteiger partial charge on any atom is -0.387 e. The van der Waals surface area contributed by atoms with E-state index in [1.54, 1.807) is 18.4 Å². The van der Waals surface area contributed by atoms with E-state index in [0.29, 0.717) is 5.92 Å². The van der Waals surface area contributed by atoms with Crippen molar-refractivity contribution < 1.29 is 9.84 Å². The average molecular weight is 296 g/mol. The SMILES string of the molecule is COCC1CCN(c2nc3c(s2)C(O)CC(C)(C)C3)C1. The summed E-state index contributed by atoms with van der Waals surface area (Å²) in [4.78, 5) is 8.26. The van der Waals surface area contributed by atoms with E-state index in [1.165, 1.54) is 6.42 Å². The van der Waals surface area contributed by atoms with Crippen LogP contribution in [0.25, 0.3) is 0 Å². The lowest BCUT2D eigenvalue weighted by atomic mass is 9.77. The van der Waals surface area contributed by atoms with Crippen molar-refractivity contribution >= 4 is 16.5 Å². The van der Waals surface area contributed by atoms with Gasteiger partial charge in [-0.15, -0.1) is 0 Å². The van der Waals surface area contributed by atoms with Crippen LogP contribution in [0.5, 0.6) is 0 Å². The van der Waals surface area contributed by atoms with Gasteiger partial charge in [0.2, 0.25) is 0 Å². The molecule has 1 aliphatic carbocycles. The zero-order valence-electron chi connectivity index (χ0n) is 12.6. The highest BCUT2D eigenvalue weighted by atomic mass is 32.1. The van der Waals surface area contributed by atoms with Crippen LogP contribution < -0.4 is 4.90 Å². The second-order valence-electron chi connectivity index (χ2n) is 6.92. The highest BCUT2D eigenvalue weighted by Gasteiger charge is 2.35. The number of methoxy groups -OCH3 is 1. The average Bonchev–Trinajstić information content (AvgIpc) is 2.94. The largest absolute Gasteiger partial charge is 0.387 e. The van der Waals surface area contributed by atoms with E-state index in [0.717, 1.165) is 48.2 Å². The van der Waals surface area contributed by atoms with Crippen LogP contribution in [0.1, 0.15) is 43.4 Å². The second kappa shape index (κ2) is 5.28. The lowest BCUT2D eigenvalue weighted by molar-refractivity contribution is 0.102. The Morgan fingerprint density at radius 3 is 3.05 bits per heavy atom. The molecule has 2 atom stereocenters. The zero-order valence-corrected chi connectivity index (χ0v) is 13.4. The van der Waals surface area contributed by atoms with Gasteiger partial charge in [0.15, 0.2) is 5.13 Å². The Kier molecular flexibility index (Phi) is 3.77. The van der Waals surface area contributed by atoms with Gasteiger partial charge in [0.05, 0.1) is 23.3 Å². The summed E-state index contributed by atoms with van der Waals surface area (Å²) >= 11 is 1.69. The Hall–Kier alpha value is -0.650. The van der Waals surface area contributed by atoms with Crippen LogP contribution >= 0.6 is 11.3 Å². The molecular formula is C15H24N2O2S. The smallest absolute Gasteiger partial charge is 0.185 e. The normalized spacial score (nSPS) is 28.7. The van der Waals surface area contributed by atoms with Crippen LogP contribution in [0.4, 0.5) is 5.13 Å². The van der Waals surface area contributed by atoms with Crippen molar-refractivity contribution in [2.45, 2.75) is 39.2 Å². The van der Waals surface area contributed by atoms with Gasteiger partial charge in [0, 0.05) is 26.1 Å². The summed E-state index contributed by atoms with van der Waals surface area (Å²) in [6, 6.07) is 0. The number of hydrogen-bond donors (Lipinski definition) is 1. The molecule has 5 heteroatoms. The Balaban J connectivity index is 1.77. The lowest BCUT2D eigenvalue weighted by Gasteiger charge is -2.31. The molecule has 0 spiro atoms. The Morgan fingerprint density at radius 1 is 1.50 bits per heavy atom. The molecule has 0 amide bonds. The minimum atomic E-state index is -0.336. The standard InChI is InChI=1S/C15H24N2O2S/c1-15(2)6-11-13(12(18)7-15)20-14(16-11)17-5-4-10(8-17)9-19-3/h10,12,18H,4-9H2,1-3H3. The summed E-state index contributed by atoms with van der Waals surface area (Å²) in [6.45, 7) is 7.34. The summed E-state index contributed by atoms with van der Waals surface area (Å²) in [6.07, 6.45) is 2.66. The predicted molar refractivity (Wildman–Crippen MR) is 81.4 cm³/mol. The lowest BCUT2D eigenvalue weighted by Crippen LogP contribution is -2.24. The van der Waals surface area contributed by atoms with Gasteiger partial charge in [-0.05, 0) is 24.7 Å². The first-order chi connectivity index (χ1) is 9.48. The van der Waals surface area contributed by atoms with E-state index < -0.39 is 0 Å². The third kappa shape index (κ3) is 2.71. The number of hydrogen-bond acceptors (Lipinski definition) is 5. The molecule has 0 aromatic carbocycles. The molecule has 1 saturated heterocycles. The van der Waals surface area contributed by atoms with E-state index in [1.807, 2.05) is 0 Å². The molecule has 0 radical (unpaired) electrons. The number of aromatic nitrogens is 1. The molecule has 2 unspecified atom stereocenters. The number of nitrogens with zero attached hydrogens (tertiary/aromatic N) is 2. The van der Waals surface area contributed by atoms with E-state index in [2.05, 4.69) is 18.7 Å². The summed E-state index contributed by atoms with van der Waals surface area (Å²) in [5.74, 6) is 0.613. The summed E-state index contributed by atoms with van der Waals surface area (Å²) in [7, 11) is 1.77. The molecule has 0 saturated carbocycles. The molecule has 1 fully saturated rings. The third-order valence-electron chi connectivity index (χ3n) is 4.37. The Bertz CT molecular complexity index is 486. The molecule has 20 heavy (non-hydrogen) atoms. The van der Waals surface area contributed by atoms with Crippen molar-refractivity contribution in [3.05, 3.63) is 10.6 Å². The van der Waals surface area contributed by atoms with Gasteiger partial charge < -0.3 is 14.7 Å². The first-order valence-corrected chi connectivity index (χ1v) is 8.22. The molecule has 0 bridgehead atoms. The number of aliphatic hydroxyl groups excluding tert-OH is 1. The molecule has 2 heterocycles. The zero-order chi connectivity index (χ0) is 14.3. The molecular weight excluding hydrogens is 272 g/mol. The molecule has 4 nitrogen and oxygen atoms in total. The quantitative estimate of drug-likeness (QED) is 0.931. The van der Waals surface area contributed by atoms with Gasteiger partial charge in [0.25, 0.3) is 0 Å². The Labute approximate surface area is 124 Å². The molecule has 1 aromatic heterocycles. The molecule has 3 rings (SSSR count). The fourth-order valence-corrected chi connectivity index (χ4v) is 4.50. The van der Waals surface area contributed by atoms with Crippen LogP contribution in [0.15, 0.2) is 0 Å². The molecule has 1 aliphatic heterocycles. The van der Waals surface area contributed by atoms with Crippen LogP contribution in [0, 0.1) is 11.3 Å². The molecule has 112 valence electrons. The molecule has 1 N–H and O–H groups in total. The number of thiazole rings is 1. The van der Waals surface area contributed by atoms with Gasteiger partial charge in [0.1, 0.15) is 0 Å². The molecule has 2 aliphatic rings. The van der Waals surface area contributed by atoms with Crippen LogP contribution in [-0.2, 0) is 11.2 Å². The summed E-state index contributed by atoms with van der Waals surface area (Å²) in [5.41, 5.74) is 1.27. The maximum atomic E-state index is 10.3. The van der Waals surface area contributed by atoms with E-state index >= 15 is 0 Å². The van der Waals surface area contributed by atoms with Crippen molar-refractivity contribution in [2.75, 3.05) is 31.7 Å². The van der Waals surface area contributed by atoms with Crippen molar-refractivity contribution in [1.82, 2.24) is 4.98 Å². The summed E-state index contributed by atoms with van der Waals surface area (Å²) in [5, 5.41) is 11.4. The van der Waals surface area contributed by atoms with Gasteiger partial charge in [-0.25, -0.2) is 4.98 Å². The highest BCUT2D eigenvalue weighted by Crippen LogP contribution is 2.45. The third-order valence-corrected chi connectivity index (χ3v) is 5.63. The van der Waals surface area contributed by atoms with Crippen molar-refractivity contribution in [2.24, 2.45) is 11.3 Å². The van der Waals surface area contributed by atoms with Crippen LogP contribution in [0.2, 0.25) is 0 Å². The maximum Gasteiger partial charge on any atom is 0.185 e. The van der Waals surface area contributed by atoms with Gasteiger partial charge in [-0.1, -0.05) is 25.2 Å². The second-order valence-corrected chi connectivity index (χ2v) is 7.93. The first kappa shape index (κ1) is 14.3. The fourth-order valence-electron chi connectivity index (χ4n) is 3.39. The minimum absolute atomic E-state index is 0.154. The maximum absolute atomic E-state index is 10.3. The van der Waals surface area contributed by atoms with Gasteiger partial charge >= 0.3 is 0 Å². The first-order valence-electron chi connectivity index (χ1n) is 7.40. The monoisotopic (exact) mass is 296 g/mol. The number of rotatable bonds is 3. The number of ether oxygens (including phenoxy) is 1. The fraction of sp³-hybridized carbons (Fsp3) is 0.800. The predicted octanol–water partition coefficient (Wildman–Crippen LogP) is 2.62. The van der Waals surface area contributed by atoms with Crippen molar-refractivity contribution in [3.8, 4) is 0 Å². The number of fused-ring (bicyclic) bond motifs is 1.